The Hall–Kier alpha value is -2.21. The van der Waals surface area contributed by atoms with Crippen LogP contribution in [0.1, 0.15) is 19.3 Å². The van der Waals surface area contributed by atoms with Crippen LogP contribution in [0.4, 0.5) is 0 Å². The van der Waals surface area contributed by atoms with Crippen molar-refractivity contribution in [2.75, 3.05) is 7.11 Å². The molecular weight excluding hydrogens is 284 g/mol. The molecule has 0 N–H and O–H groups in total. The van der Waals surface area contributed by atoms with E-state index in [4.69, 9.17) is 9.47 Å². The highest BCUT2D eigenvalue weighted by atomic mass is 16.6. The third-order valence-corrected chi connectivity index (χ3v) is 4.02. The largest absolute Gasteiger partial charge is 0.458 e. The molecule has 22 heavy (non-hydrogen) atoms. The lowest BCUT2D eigenvalue weighted by atomic mass is 10.2. The monoisotopic (exact) mass is 302 g/mol. The Morgan fingerprint density at radius 2 is 2.09 bits per heavy atom. The second kappa shape index (κ2) is 6.27. The molecule has 1 aliphatic carbocycles. The smallest absolute Gasteiger partial charge is 0.326 e. The first-order chi connectivity index (χ1) is 10.7. The van der Waals surface area contributed by atoms with Crippen LogP contribution >= 0.6 is 0 Å². The average molecular weight is 302 g/mol. The van der Waals surface area contributed by atoms with E-state index in [0.29, 0.717) is 11.0 Å². The van der Waals surface area contributed by atoms with E-state index in [-0.39, 0.29) is 24.3 Å². The van der Waals surface area contributed by atoms with E-state index in [9.17, 15) is 9.59 Å². The second-order valence-corrected chi connectivity index (χ2v) is 5.40. The zero-order valence-electron chi connectivity index (χ0n) is 12.4. The van der Waals surface area contributed by atoms with Gasteiger partial charge in [-0.25, -0.2) is 4.98 Å². The van der Waals surface area contributed by atoms with Crippen LogP contribution < -0.4 is 5.56 Å². The summed E-state index contributed by atoms with van der Waals surface area (Å²) in [6, 6.07) is 7.21. The van der Waals surface area contributed by atoms with Gasteiger partial charge in [-0.15, -0.1) is 0 Å². The minimum atomic E-state index is -0.424. The topological polar surface area (TPSA) is 70.4 Å². The molecular formula is C16H18N2O4. The van der Waals surface area contributed by atoms with Gasteiger partial charge in [0.25, 0.3) is 5.56 Å². The van der Waals surface area contributed by atoms with Crippen LogP contribution in [0.3, 0.4) is 0 Å². The number of hydrogen-bond donors (Lipinski definition) is 0. The number of carbonyl (C=O) groups is 1. The van der Waals surface area contributed by atoms with E-state index in [1.807, 2.05) is 12.1 Å². The molecule has 1 aliphatic rings. The van der Waals surface area contributed by atoms with E-state index < -0.39 is 5.97 Å². The number of fused-ring (bicyclic) bond motifs is 1. The first kappa shape index (κ1) is 14.7. The minimum Gasteiger partial charge on any atom is -0.458 e. The number of benzene rings is 1. The summed E-state index contributed by atoms with van der Waals surface area (Å²) in [5, 5.41) is 0. The van der Waals surface area contributed by atoms with Gasteiger partial charge in [0.05, 0.1) is 23.3 Å². The third kappa shape index (κ3) is 2.87. The highest BCUT2D eigenvalue weighted by Gasteiger charge is 2.30. The number of nitrogens with zero attached hydrogens (tertiary/aromatic N) is 2. The molecule has 0 amide bonds. The van der Waals surface area contributed by atoms with Crippen LogP contribution in [-0.2, 0) is 20.8 Å². The first-order valence-corrected chi connectivity index (χ1v) is 7.36. The van der Waals surface area contributed by atoms with Crippen molar-refractivity contribution >= 4 is 17.0 Å². The highest BCUT2D eigenvalue weighted by Crippen LogP contribution is 2.24. The van der Waals surface area contributed by atoms with Crippen molar-refractivity contribution in [3.8, 4) is 0 Å². The van der Waals surface area contributed by atoms with E-state index in [1.165, 1.54) is 10.8 Å². The minimum absolute atomic E-state index is 0.0464. The van der Waals surface area contributed by atoms with Crippen LogP contribution in [0.15, 0.2) is 35.3 Å². The number of carbonyl (C=O) groups excluding carboxylic acids is 1. The van der Waals surface area contributed by atoms with Gasteiger partial charge in [0.15, 0.2) is 0 Å². The number of aromatic nitrogens is 2. The van der Waals surface area contributed by atoms with E-state index in [0.717, 1.165) is 19.3 Å². The number of hydrogen-bond acceptors (Lipinski definition) is 5. The SMILES string of the molecule is CO[C@@H]1CCC[C@@H]1OC(=O)Cn1c(=O)cnc2ccccc21. The number of methoxy groups -OCH3 is 1. The Morgan fingerprint density at radius 1 is 1.32 bits per heavy atom. The number of esters is 1. The van der Waals surface area contributed by atoms with Crippen molar-refractivity contribution < 1.29 is 14.3 Å². The van der Waals surface area contributed by atoms with Gasteiger partial charge in [-0.3, -0.25) is 14.2 Å². The first-order valence-electron chi connectivity index (χ1n) is 7.36. The Morgan fingerprint density at radius 3 is 2.91 bits per heavy atom. The van der Waals surface area contributed by atoms with E-state index >= 15 is 0 Å². The molecule has 6 heteroatoms. The molecule has 0 radical (unpaired) electrons. The molecule has 3 rings (SSSR count). The average Bonchev–Trinajstić information content (AvgIpc) is 2.97. The quantitative estimate of drug-likeness (QED) is 0.801. The van der Waals surface area contributed by atoms with Crippen molar-refractivity contribution in [1.82, 2.24) is 9.55 Å². The fraction of sp³-hybridized carbons (Fsp3) is 0.438. The number of para-hydroxylation sites is 2. The predicted molar refractivity (Wildman–Crippen MR) is 80.5 cm³/mol. The zero-order chi connectivity index (χ0) is 15.5. The lowest BCUT2D eigenvalue weighted by molar-refractivity contribution is -0.155. The molecule has 2 atom stereocenters. The molecule has 1 heterocycles. The lowest BCUT2D eigenvalue weighted by Crippen LogP contribution is -2.31. The molecule has 1 saturated carbocycles. The van der Waals surface area contributed by atoms with E-state index in [2.05, 4.69) is 4.98 Å². The van der Waals surface area contributed by atoms with Gasteiger partial charge in [-0.05, 0) is 31.4 Å². The number of rotatable bonds is 4. The van der Waals surface area contributed by atoms with Crippen molar-refractivity contribution in [1.29, 1.82) is 0 Å². The molecule has 116 valence electrons. The van der Waals surface area contributed by atoms with Gasteiger partial charge in [0, 0.05) is 7.11 Å². The molecule has 0 bridgehead atoms. The van der Waals surface area contributed by atoms with Crippen molar-refractivity contribution in [3.05, 3.63) is 40.8 Å². The van der Waals surface area contributed by atoms with Crippen LogP contribution in [0.2, 0.25) is 0 Å². The maximum Gasteiger partial charge on any atom is 0.326 e. The summed E-state index contributed by atoms with van der Waals surface area (Å²) in [6.07, 6.45) is 3.64. The van der Waals surface area contributed by atoms with Crippen LogP contribution in [0, 0.1) is 0 Å². The summed E-state index contributed by atoms with van der Waals surface area (Å²) < 4.78 is 12.2. The van der Waals surface area contributed by atoms with Gasteiger partial charge in [-0.2, -0.15) is 0 Å². The fourth-order valence-corrected chi connectivity index (χ4v) is 2.91. The summed E-state index contributed by atoms with van der Waals surface area (Å²) in [6.45, 7) is -0.116. The van der Waals surface area contributed by atoms with Gasteiger partial charge < -0.3 is 9.47 Å². The third-order valence-electron chi connectivity index (χ3n) is 4.02. The highest BCUT2D eigenvalue weighted by molar-refractivity contribution is 5.77. The maximum atomic E-state index is 12.2. The summed E-state index contributed by atoms with van der Waals surface area (Å²) in [5.41, 5.74) is 0.984. The molecule has 1 aromatic heterocycles. The van der Waals surface area contributed by atoms with Gasteiger partial charge in [-0.1, -0.05) is 12.1 Å². The number of ether oxygens (including phenoxy) is 2. The maximum absolute atomic E-state index is 12.2. The molecule has 0 aliphatic heterocycles. The normalized spacial score (nSPS) is 21.1. The van der Waals surface area contributed by atoms with Crippen molar-refractivity contribution in [3.63, 3.8) is 0 Å². The van der Waals surface area contributed by atoms with Crippen LogP contribution in [0.25, 0.3) is 11.0 Å². The summed E-state index contributed by atoms with van der Waals surface area (Å²) in [7, 11) is 1.62. The molecule has 6 nitrogen and oxygen atoms in total. The molecule has 0 saturated heterocycles. The second-order valence-electron chi connectivity index (χ2n) is 5.40. The van der Waals surface area contributed by atoms with Crippen molar-refractivity contribution in [2.45, 2.75) is 38.0 Å². The Labute approximate surface area is 127 Å². The fourth-order valence-electron chi connectivity index (χ4n) is 2.91. The zero-order valence-corrected chi connectivity index (χ0v) is 12.4. The Balaban J connectivity index is 1.79. The summed E-state index contributed by atoms with van der Waals surface area (Å²) in [4.78, 5) is 28.2. The molecule has 2 aromatic rings. The Bertz CT molecular complexity index is 740. The van der Waals surface area contributed by atoms with Gasteiger partial charge in [0.1, 0.15) is 12.6 Å². The molecule has 0 spiro atoms. The van der Waals surface area contributed by atoms with Gasteiger partial charge >= 0.3 is 5.97 Å². The standard InChI is InChI=1S/C16H18N2O4/c1-21-13-7-4-8-14(13)22-16(20)10-18-12-6-3-2-5-11(12)17-9-15(18)19/h2-3,5-6,9,13-14H,4,7-8,10H2,1H3/t13-,14+/m1/s1. The summed E-state index contributed by atoms with van der Waals surface area (Å²) in [5.74, 6) is -0.424. The molecule has 1 aromatic carbocycles. The Kier molecular flexibility index (Phi) is 4.20. The predicted octanol–water partition coefficient (Wildman–Crippen LogP) is 1.51. The van der Waals surface area contributed by atoms with Crippen molar-refractivity contribution in [2.24, 2.45) is 0 Å². The van der Waals surface area contributed by atoms with Crippen LogP contribution in [0.5, 0.6) is 0 Å². The van der Waals surface area contributed by atoms with E-state index in [1.54, 1.807) is 19.2 Å². The summed E-state index contributed by atoms with van der Waals surface area (Å²) >= 11 is 0. The molecule has 0 unspecified atom stereocenters. The van der Waals surface area contributed by atoms with Crippen LogP contribution in [-0.4, -0.2) is 34.8 Å². The van der Waals surface area contributed by atoms with Gasteiger partial charge in [0.2, 0.25) is 0 Å². The molecule has 1 fully saturated rings. The lowest BCUT2D eigenvalue weighted by Gasteiger charge is -2.19.